The lowest BCUT2D eigenvalue weighted by Gasteiger charge is -2.30. The van der Waals surface area contributed by atoms with Crippen LogP contribution in [-0.2, 0) is 25.6 Å². The van der Waals surface area contributed by atoms with Crippen molar-refractivity contribution in [3.63, 3.8) is 0 Å². The summed E-state index contributed by atoms with van der Waals surface area (Å²) in [6, 6.07) is 2.30. The number of thiol groups is 1. The number of hydrogen-bond donors (Lipinski definition) is 6. The van der Waals surface area contributed by atoms with Crippen LogP contribution in [-0.4, -0.2) is 75.3 Å². The third-order valence-corrected chi connectivity index (χ3v) is 6.08. The summed E-state index contributed by atoms with van der Waals surface area (Å²) >= 11 is 4.02. The number of rotatable bonds is 11. The Morgan fingerprint density at radius 2 is 1.79 bits per heavy atom. The van der Waals surface area contributed by atoms with Crippen molar-refractivity contribution in [2.24, 2.45) is 11.7 Å². The van der Waals surface area contributed by atoms with Crippen LogP contribution in [0.2, 0.25) is 0 Å². The summed E-state index contributed by atoms with van der Waals surface area (Å²) in [4.78, 5) is 51.8. The predicted octanol–water partition coefficient (Wildman–Crippen LogP) is 0.283. The number of phenols is 1. The number of phenolic OH excluding ortho intramolecular Hbond substituents is 1. The van der Waals surface area contributed by atoms with Gasteiger partial charge in [0.15, 0.2) is 0 Å². The van der Waals surface area contributed by atoms with Crippen LogP contribution in [0.3, 0.4) is 0 Å². The van der Waals surface area contributed by atoms with Crippen molar-refractivity contribution < 1.29 is 29.4 Å². The molecule has 2 rings (SSSR count). The fourth-order valence-corrected chi connectivity index (χ4v) is 4.06. The van der Waals surface area contributed by atoms with Crippen LogP contribution in [0.1, 0.15) is 38.7 Å². The molecule has 0 spiro atoms. The highest BCUT2D eigenvalue weighted by molar-refractivity contribution is 7.80. The van der Waals surface area contributed by atoms with Gasteiger partial charge in [-0.15, -0.1) is 0 Å². The van der Waals surface area contributed by atoms with Gasteiger partial charge in [-0.3, -0.25) is 14.4 Å². The minimum Gasteiger partial charge on any atom is -0.508 e. The molecule has 0 saturated carbocycles. The lowest BCUT2D eigenvalue weighted by Crippen LogP contribution is -2.57. The normalized spacial score (nSPS) is 18.3. The van der Waals surface area contributed by atoms with Crippen molar-refractivity contribution in [2.45, 2.75) is 63.7 Å². The molecule has 4 unspecified atom stereocenters. The number of aromatic hydroxyl groups is 1. The standard InChI is InChI=1S/C23H34N4O6S/c1-13(2)10-17(25-20(29)16(24)12-34)22(31)27-9-3-4-19(27)21(30)26-18(23(32)33)11-14-5-7-15(28)8-6-14/h5-8,13,16-19,28,34H,3-4,9-12,24H2,1-2H3,(H,25,29)(H,26,30)(H,32,33). The molecule has 34 heavy (non-hydrogen) atoms. The molecule has 0 bridgehead atoms. The zero-order chi connectivity index (χ0) is 25.4. The smallest absolute Gasteiger partial charge is 0.326 e. The predicted molar refractivity (Wildman–Crippen MR) is 129 cm³/mol. The second kappa shape index (κ2) is 12.6. The van der Waals surface area contributed by atoms with Crippen LogP contribution in [0, 0.1) is 5.92 Å². The van der Waals surface area contributed by atoms with E-state index >= 15 is 0 Å². The molecule has 4 atom stereocenters. The summed E-state index contributed by atoms with van der Waals surface area (Å²) in [5.74, 6) is -2.37. The van der Waals surface area contributed by atoms with Gasteiger partial charge in [-0.25, -0.2) is 4.79 Å². The van der Waals surface area contributed by atoms with E-state index < -0.39 is 47.9 Å². The molecule has 1 aromatic rings. The van der Waals surface area contributed by atoms with Crippen LogP contribution < -0.4 is 16.4 Å². The van der Waals surface area contributed by atoms with E-state index in [1.165, 1.54) is 17.0 Å². The van der Waals surface area contributed by atoms with Gasteiger partial charge in [-0.2, -0.15) is 12.6 Å². The minimum atomic E-state index is -1.21. The summed E-state index contributed by atoms with van der Waals surface area (Å²) in [7, 11) is 0. The van der Waals surface area contributed by atoms with Crippen molar-refractivity contribution in [3.05, 3.63) is 29.8 Å². The molecule has 1 aromatic carbocycles. The first-order valence-electron chi connectivity index (χ1n) is 11.3. The first-order valence-corrected chi connectivity index (χ1v) is 11.9. The zero-order valence-electron chi connectivity index (χ0n) is 19.4. The first kappa shape index (κ1) is 27.5. The van der Waals surface area contributed by atoms with Gasteiger partial charge in [0.1, 0.15) is 23.9 Å². The summed E-state index contributed by atoms with van der Waals surface area (Å²) in [5.41, 5.74) is 6.36. The number of nitrogens with zero attached hydrogens (tertiary/aromatic N) is 1. The third-order valence-electron chi connectivity index (χ3n) is 5.68. The summed E-state index contributed by atoms with van der Waals surface area (Å²) in [6.45, 7) is 4.16. The van der Waals surface area contributed by atoms with E-state index in [2.05, 4.69) is 23.3 Å². The SMILES string of the molecule is CC(C)CC(NC(=O)C(N)CS)C(=O)N1CCCC1C(=O)NC(Cc1ccc(O)cc1)C(=O)O. The zero-order valence-corrected chi connectivity index (χ0v) is 20.3. The van der Waals surface area contributed by atoms with Crippen molar-refractivity contribution >= 4 is 36.3 Å². The van der Waals surface area contributed by atoms with Crippen molar-refractivity contribution in [1.29, 1.82) is 0 Å². The molecule has 0 aliphatic carbocycles. The fraction of sp³-hybridized carbons (Fsp3) is 0.565. The van der Waals surface area contributed by atoms with Gasteiger partial charge >= 0.3 is 5.97 Å². The molecule has 10 nitrogen and oxygen atoms in total. The van der Waals surface area contributed by atoms with Crippen LogP contribution >= 0.6 is 12.6 Å². The number of nitrogens with one attached hydrogen (secondary N) is 2. The average Bonchev–Trinajstić information content (AvgIpc) is 3.28. The first-order chi connectivity index (χ1) is 16.0. The Hall–Kier alpha value is -2.79. The number of nitrogens with two attached hydrogens (primary N) is 1. The number of amides is 3. The number of carboxylic acids is 1. The second-order valence-electron chi connectivity index (χ2n) is 8.94. The van der Waals surface area contributed by atoms with Crippen LogP contribution in [0.4, 0.5) is 0 Å². The lowest BCUT2D eigenvalue weighted by molar-refractivity contribution is -0.145. The molecule has 0 aromatic heterocycles. The van der Waals surface area contributed by atoms with E-state index in [-0.39, 0.29) is 23.8 Å². The van der Waals surface area contributed by atoms with E-state index in [0.717, 1.165) is 0 Å². The van der Waals surface area contributed by atoms with Gasteiger partial charge in [0.05, 0.1) is 6.04 Å². The Kier molecular flexibility index (Phi) is 10.2. The monoisotopic (exact) mass is 494 g/mol. The fourth-order valence-electron chi connectivity index (χ4n) is 3.89. The van der Waals surface area contributed by atoms with Gasteiger partial charge in [0.25, 0.3) is 0 Å². The summed E-state index contributed by atoms with van der Waals surface area (Å²) < 4.78 is 0. The number of carbonyl (C=O) groups is 4. The number of likely N-dealkylation sites (tertiary alicyclic amines) is 1. The molecule has 1 saturated heterocycles. The maximum absolute atomic E-state index is 13.3. The Morgan fingerprint density at radius 3 is 2.35 bits per heavy atom. The van der Waals surface area contributed by atoms with E-state index in [1.807, 2.05) is 13.8 Å². The lowest BCUT2D eigenvalue weighted by atomic mass is 10.0. The summed E-state index contributed by atoms with van der Waals surface area (Å²) in [5, 5.41) is 24.2. The molecule has 1 aliphatic rings. The van der Waals surface area contributed by atoms with Gasteiger partial charge in [-0.1, -0.05) is 26.0 Å². The van der Waals surface area contributed by atoms with Crippen molar-refractivity contribution in [1.82, 2.24) is 15.5 Å². The highest BCUT2D eigenvalue weighted by Crippen LogP contribution is 2.21. The van der Waals surface area contributed by atoms with E-state index in [9.17, 15) is 29.4 Å². The quantitative estimate of drug-likeness (QED) is 0.241. The molecule has 188 valence electrons. The van der Waals surface area contributed by atoms with Crippen LogP contribution in [0.25, 0.3) is 0 Å². The number of carboxylic acid groups (broad SMARTS) is 1. The van der Waals surface area contributed by atoms with Crippen molar-refractivity contribution in [3.8, 4) is 5.75 Å². The third kappa shape index (κ3) is 7.63. The van der Waals surface area contributed by atoms with Gasteiger partial charge in [0.2, 0.25) is 17.7 Å². The highest BCUT2D eigenvalue weighted by Gasteiger charge is 2.39. The van der Waals surface area contributed by atoms with Gasteiger partial charge in [0, 0.05) is 18.7 Å². The molecule has 1 aliphatic heterocycles. The van der Waals surface area contributed by atoms with E-state index in [0.29, 0.717) is 31.4 Å². The number of aliphatic carboxylic acids is 1. The van der Waals surface area contributed by atoms with Crippen LogP contribution in [0.15, 0.2) is 24.3 Å². The van der Waals surface area contributed by atoms with Gasteiger partial charge in [-0.05, 0) is 42.9 Å². The molecule has 1 fully saturated rings. The van der Waals surface area contributed by atoms with E-state index in [1.54, 1.807) is 12.1 Å². The molecule has 3 amide bonds. The molecule has 0 radical (unpaired) electrons. The van der Waals surface area contributed by atoms with Crippen LogP contribution in [0.5, 0.6) is 5.75 Å². The average molecular weight is 495 g/mol. The maximum atomic E-state index is 13.3. The molecule has 1 heterocycles. The Morgan fingerprint density at radius 1 is 1.15 bits per heavy atom. The highest BCUT2D eigenvalue weighted by atomic mass is 32.1. The Labute approximate surface area is 204 Å². The number of carbonyl (C=O) groups excluding carboxylic acids is 3. The second-order valence-corrected chi connectivity index (χ2v) is 9.30. The van der Waals surface area contributed by atoms with E-state index in [4.69, 9.17) is 5.73 Å². The molecule has 6 N–H and O–H groups in total. The molecular weight excluding hydrogens is 460 g/mol. The number of hydrogen-bond acceptors (Lipinski definition) is 7. The summed E-state index contributed by atoms with van der Waals surface area (Å²) in [6.07, 6.45) is 1.36. The maximum Gasteiger partial charge on any atom is 0.326 e. The number of benzene rings is 1. The Bertz CT molecular complexity index is 879. The minimum absolute atomic E-state index is 0.0235. The molecule has 11 heteroatoms. The largest absolute Gasteiger partial charge is 0.508 e. The topological polar surface area (TPSA) is 162 Å². The Balaban J connectivity index is 2.12. The molecular formula is C23H34N4O6S. The van der Waals surface area contributed by atoms with Gasteiger partial charge < -0.3 is 31.5 Å². The van der Waals surface area contributed by atoms with Crippen molar-refractivity contribution in [2.75, 3.05) is 12.3 Å².